The van der Waals surface area contributed by atoms with Crippen LogP contribution in [0.3, 0.4) is 0 Å². The Morgan fingerprint density at radius 1 is 1.16 bits per heavy atom. The van der Waals surface area contributed by atoms with Gasteiger partial charge in [-0.25, -0.2) is 12.8 Å². The molecule has 0 aliphatic heterocycles. The molecule has 2 aromatic rings. The summed E-state index contributed by atoms with van der Waals surface area (Å²) in [4.78, 5) is 15.4. The molecule has 0 saturated heterocycles. The third kappa shape index (κ3) is 4.21. The molecule has 0 unspecified atom stereocenters. The molecule has 0 fully saturated rings. The van der Waals surface area contributed by atoms with Gasteiger partial charge in [0.25, 0.3) is 5.91 Å². The first kappa shape index (κ1) is 18.6. The number of sulfone groups is 1. The largest absolute Gasteiger partial charge is 0.370 e. The first-order valence-corrected chi connectivity index (χ1v) is 9.16. The maximum atomic E-state index is 13.5. The summed E-state index contributed by atoms with van der Waals surface area (Å²) in [7, 11) is -3.69. The van der Waals surface area contributed by atoms with E-state index in [1.54, 1.807) is 12.1 Å². The summed E-state index contributed by atoms with van der Waals surface area (Å²) in [6.45, 7) is 0.926. The molecule has 2 aromatic carbocycles. The summed E-state index contributed by atoms with van der Waals surface area (Å²) < 4.78 is 37.9. The third-order valence-corrected chi connectivity index (χ3v) is 4.71. The summed E-state index contributed by atoms with van der Waals surface area (Å²) in [5.74, 6) is -1.38. The average molecular weight is 363 g/mol. The van der Waals surface area contributed by atoms with E-state index in [1.807, 2.05) is 19.1 Å². The first-order valence-electron chi connectivity index (χ1n) is 7.27. The van der Waals surface area contributed by atoms with Crippen LogP contribution < -0.4 is 11.5 Å². The molecule has 0 saturated carbocycles. The molecule has 6 nitrogen and oxygen atoms in total. The number of amides is 1. The monoisotopic (exact) mass is 363 g/mol. The lowest BCUT2D eigenvalue weighted by atomic mass is 9.98. The lowest BCUT2D eigenvalue weighted by Gasteiger charge is -2.13. The molecule has 8 heteroatoms. The zero-order chi connectivity index (χ0) is 18.8. The highest BCUT2D eigenvalue weighted by Gasteiger charge is 2.21. The van der Waals surface area contributed by atoms with Crippen LogP contribution in [0.1, 0.15) is 21.5 Å². The van der Waals surface area contributed by atoms with Crippen LogP contribution in [0.2, 0.25) is 0 Å². The Morgan fingerprint density at radius 2 is 1.76 bits per heavy atom. The summed E-state index contributed by atoms with van der Waals surface area (Å²) in [5, 5.41) is 0. The van der Waals surface area contributed by atoms with Gasteiger partial charge in [-0.3, -0.25) is 4.79 Å². The number of hydrogen-bond acceptors (Lipinski definition) is 3. The van der Waals surface area contributed by atoms with Crippen LogP contribution in [0.15, 0.2) is 46.3 Å². The van der Waals surface area contributed by atoms with E-state index in [2.05, 4.69) is 4.99 Å². The molecular formula is C17H18FN3O3S. The number of aliphatic imine (C=N–C) groups is 1. The summed E-state index contributed by atoms with van der Waals surface area (Å²) in [5.41, 5.74) is 12.1. The van der Waals surface area contributed by atoms with Gasteiger partial charge in [0.05, 0.1) is 4.90 Å². The van der Waals surface area contributed by atoms with E-state index in [-0.39, 0.29) is 16.0 Å². The number of rotatable bonds is 4. The zero-order valence-corrected chi connectivity index (χ0v) is 14.6. The van der Waals surface area contributed by atoms with Gasteiger partial charge in [-0.1, -0.05) is 29.8 Å². The quantitative estimate of drug-likeness (QED) is 0.636. The second-order valence-corrected chi connectivity index (χ2v) is 7.60. The van der Waals surface area contributed by atoms with Gasteiger partial charge >= 0.3 is 0 Å². The summed E-state index contributed by atoms with van der Waals surface area (Å²) in [6.07, 6.45) is 1.02. The minimum absolute atomic E-state index is 0.0120. The van der Waals surface area contributed by atoms with Crippen LogP contribution in [0.5, 0.6) is 0 Å². The van der Waals surface area contributed by atoms with Crippen LogP contribution in [-0.2, 0) is 16.5 Å². The highest BCUT2D eigenvalue weighted by Crippen LogP contribution is 2.31. The lowest BCUT2D eigenvalue weighted by molar-refractivity contribution is 0.100. The molecule has 132 valence electrons. The van der Waals surface area contributed by atoms with Crippen molar-refractivity contribution in [3.8, 4) is 11.1 Å². The topological polar surface area (TPSA) is 116 Å². The van der Waals surface area contributed by atoms with E-state index in [1.165, 1.54) is 6.07 Å². The summed E-state index contributed by atoms with van der Waals surface area (Å²) >= 11 is 0. The number of aryl methyl sites for hydroxylation is 1. The third-order valence-electron chi connectivity index (χ3n) is 3.57. The molecule has 0 bridgehead atoms. The Kier molecular flexibility index (Phi) is 5.22. The Labute approximate surface area is 145 Å². The Balaban J connectivity index is 2.79. The number of alkyl halides is 1. The van der Waals surface area contributed by atoms with Crippen molar-refractivity contribution in [2.75, 3.05) is 6.26 Å². The molecule has 25 heavy (non-hydrogen) atoms. The highest BCUT2D eigenvalue weighted by molar-refractivity contribution is 7.90. The van der Waals surface area contributed by atoms with Crippen LogP contribution >= 0.6 is 0 Å². The molecule has 0 aliphatic rings. The van der Waals surface area contributed by atoms with Crippen molar-refractivity contribution in [3.05, 3.63) is 53.1 Å². The van der Waals surface area contributed by atoms with E-state index < -0.39 is 28.4 Å². The SMILES string of the molecule is Cc1ccc(-c2cc(CF)c(C(=O)N=C(N)N)cc2S(C)(=O)=O)cc1. The van der Waals surface area contributed by atoms with Crippen LogP contribution in [0.25, 0.3) is 11.1 Å². The van der Waals surface area contributed by atoms with E-state index in [0.29, 0.717) is 11.1 Å². The fourth-order valence-electron chi connectivity index (χ4n) is 2.38. The number of halogens is 1. The van der Waals surface area contributed by atoms with Gasteiger partial charge in [0, 0.05) is 17.4 Å². The maximum absolute atomic E-state index is 13.5. The van der Waals surface area contributed by atoms with Crippen molar-refractivity contribution in [1.29, 1.82) is 0 Å². The van der Waals surface area contributed by atoms with Crippen molar-refractivity contribution in [2.45, 2.75) is 18.5 Å². The second-order valence-electron chi connectivity index (χ2n) is 5.62. The average Bonchev–Trinajstić information content (AvgIpc) is 2.52. The van der Waals surface area contributed by atoms with Gasteiger partial charge in [-0.2, -0.15) is 4.99 Å². The Hall–Kier alpha value is -2.74. The number of nitrogens with two attached hydrogens (primary N) is 2. The van der Waals surface area contributed by atoms with Crippen LogP contribution in [0, 0.1) is 6.92 Å². The fourth-order valence-corrected chi connectivity index (χ4v) is 3.29. The van der Waals surface area contributed by atoms with Gasteiger partial charge in [0.1, 0.15) is 6.67 Å². The van der Waals surface area contributed by atoms with E-state index in [9.17, 15) is 17.6 Å². The van der Waals surface area contributed by atoms with Gasteiger partial charge in [-0.15, -0.1) is 0 Å². The molecule has 0 aliphatic carbocycles. The van der Waals surface area contributed by atoms with Gasteiger partial charge < -0.3 is 11.5 Å². The fraction of sp³-hybridized carbons (Fsp3) is 0.176. The molecule has 0 spiro atoms. The van der Waals surface area contributed by atoms with Crippen molar-refractivity contribution < 1.29 is 17.6 Å². The normalized spacial score (nSPS) is 11.2. The van der Waals surface area contributed by atoms with E-state index in [4.69, 9.17) is 11.5 Å². The van der Waals surface area contributed by atoms with Crippen molar-refractivity contribution in [1.82, 2.24) is 0 Å². The Bertz CT molecular complexity index is 948. The molecule has 4 N–H and O–H groups in total. The minimum atomic E-state index is -3.69. The molecule has 0 heterocycles. The number of hydrogen-bond donors (Lipinski definition) is 2. The van der Waals surface area contributed by atoms with E-state index in [0.717, 1.165) is 17.9 Å². The first-order chi connectivity index (χ1) is 11.6. The van der Waals surface area contributed by atoms with Gasteiger partial charge in [0.15, 0.2) is 15.8 Å². The molecule has 2 rings (SSSR count). The maximum Gasteiger partial charge on any atom is 0.280 e. The smallest absolute Gasteiger partial charge is 0.280 e. The molecule has 1 amide bonds. The zero-order valence-electron chi connectivity index (χ0n) is 13.8. The summed E-state index contributed by atoms with van der Waals surface area (Å²) in [6, 6.07) is 9.56. The molecule has 0 atom stereocenters. The lowest BCUT2D eigenvalue weighted by Crippen LogP contribution is -2.24. The number of carbonyl (C=O) groups is 1. The predicted molar refractivity (Wildman–Crippen MR) is 94.7 cm³/mol. The van der Waals surface area contributed by atoms with Crippen molar-refractivity contribution in [2.24, 2.45) is 16.5 Å². The highest BCUT2D eigenvalue weighted by atomic mass is 32.2. The van der Waals surface area contributed by atoms with Crippen LogP contribution in [0.4, 0.5) is 4.39 Å². The van der Waals surface area contributed by atoms with E-state index >= 15 is 0 Å². The Morgan fingerprint density at radius 3 is 2.24 bits per heavy atom. The minimum Gasteiger partial charge on any atom is -0.370 e. The van der Waals surface area contributed by atoms with Crippen LogP contribution in [-0.4, -0.2) is 26.5 Å². The van der Waals surface area contributed by atoms with Crippen molar-refractivity contribution >= 4 is 21.7 Å². The standard InChI is InChI=1S/C17H18FN3O3S/c1-10-3-5-11(6-4-10)13-7-12(9-18)14(16(22)21-17(19)20)8-15(13)25(2,23)24/h3-8H,9H2,1-2H3,(H4,19,20,21,22). The number of benzene rings is 2. The number of nitrogens with zero attached hydrogens (tertiary/aromatic N) is 1. The predicted octanol–water partition coefficient (Wildman–Crippen LogP) is 1.95. The number of guanidine groups is 1. The second kappa shape index (κ2) is 7.02. The molecule has 0 radical (unpaired) electrons. The molecule has 0 aromatic heterocycles. The van der Waals surface area contributed by atoms with Gasteiger partial charge in [-0.05, 0) is 30.2 Å². The molecular weight excluding hydrogens is 345 g/mol. The van der Waals surface area contributed by atoms with Crippen molar-refractivity contribution in [3.63, 3.8) is 0 Å². The number of carbonyl (C=O) groups excluding carboxylic acids is 1. The van der Waals surface area contributed by atoms with Gasteiger partial charge in [0.2, 0.25) is 0 Å².